The van der Waals surface area contributed by atoms with Crippen LogP contribution < -0.4 is 0 Å². The summed E-state index contributed by atoms with van der Waals surface area (Å²) in [5.74, 6) is 0. The third-order valence-corrected chi connectivity index (χ3v) is 3.49. The summed E-state index contributed by atoms with van der Waals surface area (Å²) < 4.78 is 22.6. The van der Waals surface area contributed by atoms with Crippen LogP contribution in [0.5, 0.6) is 0 Å². The molecule has 15 heavy (non-hydrogen) atoms. The van der Waals surface area contributed by atoms with Crippen molar-refractivity contribution in [1.82, 2.24) is 0 Å². The minimum absolute atomic E-state index is 0.0558. The smallest absolute Gasteiger partial charge is 0.207 e. The molecule has 0 aliphatic rings. The van der Waals surface area contributed by atoms with E-state index in [1.807, 2.05) is 19.9 Å². The Bertz CT molecular complexity index is 529. The topological polar surface area (TPSA) is 57.9 Å². The first-order valence-corrected chi connectivity index (χ1v) is 6.69. The van der Waals surface area contributed by atoms with Gasteiger partial charge in [0.1, 0.15) is 11.0 Å². The molecule has 0 unspecified atom stereocenters. The summed E-state index contributed by atoms with van der Waals surface area (Å²) in [6, 6.07) is 5.11. The highest BCUT2D eigenvalue weighted by Gasteiger charge is 2.20. The fraction of sp³-hybridized carbons (Fsp3) is 0.300. The van der Waals surface area contributed by atoms with Crippen molar-refractivity contribution in [1.29, 1.82) is 5.26 Å². The predicted molar refractivity (Wildman–Crippen MR) is 58.3 cm³/mol. The average Bonchev–Trinajstić information content (AvgIpc) is 2.14. The van der Waals surface area contributed by atoms with Crippen LogP contribution in [0.4, 0.5) is 0 Å². The van der Waals surface area contributed by atoms with Crippen molar-refractivity contribution in [3.63, 3.8) is 0 Å². The number of nitrogens with zero attached hydrogens (tertiary/aromatic N) is 1. The maximum absolute atomic E-state index is 11.3. The molecule has 5 heteroatoms. The molecule has 0 aliphatic heterocycles. The molecule has 0 aliphatic carbocycles. The molecule has 0 bridgehead atoms. The van der Waals surface area contributed by atoms with Gasteiger partial charge in [-0.1, -0.05) is 13.0 Å². The van der Waals surface area contributed by atoms with Crippen LogP contribution >= 0.6 is 10.7 Å². The number of hydrogen-bond donors (Lipinski definition) is 0. The number of aryl methyl sites for hydroxylation is 2. The third-order valence-electron chi connectivity index (χ3n) is 2.06. The van der Waals surface area contributed by atoms with Crippen molar-refractivity contribution in [2.24, 2.45) is 0 Å². The van der Waals surface area contributed by atoms with Gasteiger partial charge >= 0.3 is 0 Å². The van der Waals surface area contributed by atoms with Gasteiger partial charge in [0, 0.05) is 10.7 Å². The predicted octanol–water partition coefficient (Wildman–Crippen LogP) is 2.36. The molecule has 3 nitrogen and oxygen atoms in total. The lowest BCUT2D eigenvalue weighted by Gasteiger charge is -2.07. The molecule has 1 aromatic rings. The van der Waals surface area contributed by atoms with Gasteiger partial charge in [-0.15, -0.1) is 0 Å². The molecular formula is C10H10ClNO2S. The Morgan fingerprint density at radius 3 is 2.47 bits per heavy atom. The van der Waals surface area contributed by atoms with E-state index in [1.165, 1.54) is 6.07 Å². The Balaban J connectivity index is 3.69. The highest BCUT2D eigenvalue weighted by molar-refractivity contribution is 8.13. The Morgan fingerprint density at radius 1 is 1.47 bits per heavy atom. The number of rotatable bonds is 2. The maximum Gasteiger partial charge on any atom is 0.262 e. The molecule has 0 radical (unpaired) electrons. The number of nitriles is 1. The van der Waals surface area contributed by atoms with Crippen LogP contribution in [-0.2, 0) is 15.5 Å². The van der Waals surface area contributed by atoms with E-state index in [0.29, 0.717) is 12.0 Å². The molecule has 0 N–H and O–H groups in total. The van der Waals surface area contributed by atoms with E-state index in [0.717, 1.165) is 5.56 Å². The maximum atomic E-state index is 11.3. The molecule has 0 saturated heterocycles. The molecule has 0 atom stereocenters. The molecule has 0 saturated carbocycles. The number of benzene rings is 1. The van der Waals surface area contributed by atoms with Crippen molar-refractivity contribution in [2.75, 3.05) is 0 Å². The molecule has 1 rings (SSSR count). The summed E-state index contributed by atoms with van der Waals surface area (Å²) in [5.41, 5.74) is 1.55. The zero-order valence-electron chi connectivity index (χ0n) is 8.41. The summed E-state index contributed by atoms with van der Waals surface area (Å²) in [6.07, 6.45) is 0.525. The van der Waals surface area contributed by atoms with Crippen LogP contribution in [-0.4, -0.2) is 8.42 Å². The fourth-order valence-electron chi connectivity index (χ4n) is 1.48. The second kappa shape index (κ2) is 4.21. The van der Waals surface area contributed by atoms with Crippen LogP contribution in [0, 0.1) is 18.3 Å². The van der Waals surface area contributed by atoms with Gasteiger partial charge < -0.3 is 0 Å². The minimum Gasteiger partial charge on any atom is -0.207 e. The highest BCUT2D eigenvalue weighted by Crippen LogP contribution is 2.26. The Labute approximate surface area is 93.7 Å². The second-order valence-electron chi connectivity index (χ2n) is 3.20. The Hall–Kier alpha value is -1.05. The van der Waals surface area contributed by atoms with Gasteiger partial charge in [0.25, 0.3) is 9.05 Å². The van der Waals surface area contributed by atoms with Gasteiger partial charge in [-0.3, -0.25) is 0 Å². The number of hydrogen-bond acceptors (Lipinski definition) is 3. The van der Waals surface area contributed by atoms with E-state index in [1.54, 1.807) is 6.07 Å². The van der Waals surface area contributed by atoms with Crippen molar-refractivity contribution in [2.45, 2.75) is 25.2 Å². The largest absolute Gasteiger partial charge is 0.262 e. The molecule has 0 spiro atoms. The SMILES string of the molecule is CCc1cc(C)cc(C#N)c1S(=O)(=O)Cl. The average molecular weight is 244 g/mol. The van der Waals surface area contributed by atoms with E-state index in [4.69, 9.17) is 15.9 Å². The third kappa shape index (κ3) is 2.49. The lowest BCUT2D eigenvalue weighted by molar-refractivity contribution is 0.608. The molecule has 80 valence electrons. The summed E-state index contributed by atoms with van der Waals surface area (Å²) in [5, 5.41) is 8.85. The van der Waals surface area contributed by atoms with Crippen LogP contribution in [0.3, 0.4) is 0 Å². The fourth-order valence-corrected chi connectivity index (χ4v) is 2.91. The molecular weight excluding hydrogens is 234 g/mol. The van der Waals surface area contributed by atoms with Crippen molar-refractivity contribution in [3.8, 4) is 6.07 Å². The van der Waals surface area contributed by atoms with Crippen LogP contribution in [0.25, 0.3) is 0 Å². The zero-order chi connectivity index (χ0) is 11.6. The molecule has 0 aromatic heterocycles. The first-order valence-electron chi connectivity index (χ1n) is 4.38. The van der Waals surface area contributed by atoms with E-state index in [-0.39, 0.29) is 10.5 Å². The molecule has 0 fully saturated rings. The summed E-state index contributed by atoms with van der Waals surface area (Å²) >= 11 is 0. The minimum atomic E-state index is -3.86. The summed E-state index contributed by atoms with van der Waals surface area (Å²) in [6.45, 7) is 3.63. The molecule has 0 amide bonds. The quantitative estimate of drug-likeness (QED) is 0.750. The first kappa shape index (κ1) is 12.0. The second-order valence-corrected chi connectivity index (χ2v) is 5.71. The van der Waals surface area contributed by atoms with Gasteiger partial charge in [0.15, 0.2) is 0 Å². The van der Waals surface area contributed by atoms with Gasteiger partial charge in [0.05, 0.1) is 5.56 Å². The molecule has 0 heterocycles. The van der Waals surface area contributed by atoms with Gasteiger partial charge in [-0.05, 0) is 30.5 Å². The van der Waals surface area contributed by atoms with E-state index >= 15 is 0 Å². The van der Waals surface area contributed by atoms with Gasteiger partial charge in [-0.25, -0.2) is 8.42 Å². The highest BCUT2D eigenvalue weighted by atomic mass is 35.7. The van der Waals surface area contributed by atoms with Crippen molar-refractivity contribution >= 4 is 19.7 Å². The van der Waals surface area contributed by atoms with Crippen molar-refractivity contribution < 1.29 is 8.42 Å². The summed E-state index contributed by atoms with van der Waals surface area (Å²) in [4.78, 5) is -0.0558. The lowest BCUT2D eigenvalue weighted by atomic mass is 10.1. The Kier molecular flexibility index (Phi) is 3.38. The summed E-state index contributed by atoms with van der Waals surface area (Å²) in [7, 11) is 1.44. The molecule has 1 aromatic carbocycles. The van der Waals surface area contributed by atoms with Crippen LogP contribution in [0.2, 0.25) is 0 Å². The van der Waals surface area contributed by atoms with Crippen molar-refractivity contribution in [3.05, 3.63) is 28.8 Å². The first-order chi connectivity index (χ1) is 6.90. The van der Waals surface area contributed by atoms with Gasteiger partial charge in [0.2, 0.25) is 0 Å². The normalized spacial score (nSPS) is 11.1. The Morgan fingerprint density at radius 2 is 2.07 bits per heavy atom. The van der Waals surface area contributed by atoms with Crippen LogP contribution in [0.1, 0.15) is 23.6 Å². The lowest BCUT2D eigenvalue weighted by Crippen LogP contribution is -2.01. The van der Waals surface area contributed by atoms with Crippen LogP contribution in [0.15, 0.2) is 17.0 Å². The van der Waals surface area contributed by atoms with E-state index < -0.39 is 9.05 Å². The van der Waals surface area contributed by atoms with E-state index in [2.05, 4.69) is 0 Å². The number of halogens is 1. The van der Waals surface area contributed by atoms with E-state index in [9.17, 15) is 8.42 Å². The zero-order valence-corrected chi connectivity index (χ0v) is 9.98. The monoisotopic (exact) mass is 243 g/mol. The van der Waals surface area contributed by atoms with Gasteiger partial charge in [-0.2, -0.15) is 5.26 Å². The standard InChI is InChI=1S/C10H10ClNO2S/c1-3-8-4-7(2)5-9(6-12)10(8)15(11,13)14/h4-5H,3H2,1-2H3.